The van der Waals surface area contributed by atoms with Gasteiger partial charge in [-0.1, -0.05) is 23.2 Å². The molecule has 2 aromatic carbocycles. The lowest BCUT2D eigenvalue weighted by atomic mass is 10.0. The van der Waals surface area contributed by atoms with Crippen LogP contribution in [0.15, 0.2) is 39.7 Å². The second-order valence-corrected chi connectivity index (χ2v) is 8.70. The number of carbonyl (C=O) groups excluding carboxylic acids is 1. The number of hydrogen-bond acceptors (Lipinski definition) is 5. The predicted octanol–water partition coefficient (Wildman–Crippen LogP) is 6.01. The maximum Gasteiger partial charge on any atom is 0.359 e. The Hall–Kier alpha value is -1.67. The third-order valence-corrected chi connectivity index (χ3v) is 6.50. The molecule has 0 saturated heterocycles. The van der Waals surface area contributed by atoms with Crippen LogP contribution < -0.4 is 4.74 Å². The lowest BCUT2D eigenvalue weighted by molar-refractivity contribution is 0.0589. The number of nitrogens with zero attached hydrogens (tertiary/aromatic N) is 2. The summed E-state index contributed by atoms with van der Waals surface area (Å²) < 4.78 is 12.8. The van der Waals surface area contributed by atoms with Crippen LogP contribution in [0.1, 0.15) is 16.1 Å². The number of fused-ring (bicyclic) bond motifs is 3. The molecular formula is C19H13BrCl2N2O3S. The van der Waals surface area contributed by atoms with Crippen molar-refractivity contribution in [2.45, 2.75) is 10.6 Å². The number of hydrogen-bond donors (Lipinski definition) is 0. The van der Waals surface area contributed by atoms with Gasteiger partial charge in [-0.05, 0) is 51.8 Å². The normalized spacial score (nSPS) is 12.3. The molecule has 1 aliphatic rings. The highest BCUT2D eigenvalue weighted by atomic mass is 79.9. The van der Waals surface area contributed by atoms with Crippen molar-refractivity contribution in [3.8, 4) is 22.7 Å². The number of aromatic nitrogens is 2. The van der Waals surface area contributed by atoms with Gasteiger partial charge in [-0.3, -0.25) is 0 Å². The number of carbonyl (C=O) groups is 1. The first-order chi connectivity index (χ1) is 13.4. The number of esters is 1. The van der Waals surface area contributed by atoms with Gasteiger partial charge in [0.05, 0.1) is 35.0 Å². The zero-order valence-electron chi connectivity index (χ0n) is 14.8. The molecule has 0 fully saturated rings. The van der Waals surface area contributed by atoms with Gasteiger partial charge in [-0.2, -0.15) is 5.10 Å². The lowest BCUT2D eigenvalue weighted by Gasteiger charge is -2.20. The Morgan fingerprint density at radius 2 is 1.89 bits per heavy atom. The fourth-order valence-electron chi connectivity index (χ4n) is 3.10. The van der Waals surface area contributed by atoms with Crippen LogP contribution in [0.2, 0.25) is 10.0 Å². The predicted molar refractivity (Wildman–Crippen MR) is 114 cm³/mol. The van der Waals surface area contributed by atoms with Crippen molar-refractivity contribution in [1.29, 1.82) is 0 Å². The molecular weight excluding hydrogens is 487 g/mol. The van der Waals surface area contributed by atoms with Gasteiger partial charge in [0.1, 0.15) is 5.75 Å². The Morgan fingerprint density at radius 3 is 2.54 bits per heavy atom. The molecule has 3 aromatic rings. The Balaban J connectivity index is 2.03. The topological polar surface area (TPSA) is 53.3 Å². The minimum Gasteiger partial charge on any atom is -0.496 e. The Bertz CT molecular complexity index is 1100. The van der Waals surface area contributed by atoms with Crippen LogP contribution in [-0.4, -0.2) is 30.0 Å². The Kier molecular flexibility index (Phi) is 5.35. The summed E-state index contributed by atoms with van der Waals surface area (Å²) in [6.45, 7) is 0. The minimum atomic E-state index is -0.494. The van der Waals surface area contributed by atoms with E-state index < -0.39 is 5.97 Å². The number of ether oxygens (including phenoxy) is 2. The molecule has 0 N–H and O–H groups in total. The van der Waals surface area contributed by atoms with E-state index in [0.29, 0.717) is 21.5 Å². The van der Waals surface area contributed by atoms with E-state index >= 15 is 0 Å². The highest BCUT2D eigenvalue weighted by molar-refractivity contribution is 9.10. The van der Waals surface area contributed by atoms with Gasteiger partial charge in [0.25, 0.3) is 0 Å². The molecule has 1 aromatic heterocycles. The van der Waals surface area contributed by atoms with Crippen LogP contribution in [0, 0.1) is 0 Å². The van der Waals surface area contributed by atoms with Gasteiger partial charge in [-0.25, -0.2) is 9.48 Å². The summed E-state index contributed by atoms with van der Waals surface area (Å²) in [4.78, 5) is 13.1. The first kappa shape index (κ1) is 19.6. The summed E-state index contributed by atoms with van der Waals surface area (Å²) in [7, 11) is 2.97. The van der Waals surface area contributed by atoms with Gasteiger partial charge < -0.3 is 9.47 Å². The molecule has 0 aliphatic carbocycles. The third kappa shape index (κ3) is 3.30. The van der Waals surface area contributed by atoms with Crippen LogP contribution in [0.3, 0.4) is 0 Å². The van der Waals surface area contributed by atoms with Crippen LogP contribution in [-0.2, 0) is 10.5 Å². The van der Waals surface area contributed by atoms with Crippen molar-refractivity contribution in [2.24, 2.45) is 0 Å². The number of halogens is 3. The van der Waals surface area contributed by atoms with Crippen LogP contribution >= 0.6 is 50.9 Å². The molecule has 0 bridgehead atoms. The number of benzene rings is 2. The van der Waals surface area contributed by atoms with Gasteiger partial charge >= 0.3 is 5.97 Å². The number of methoxy groups -OCH3 is 2. The first-order valence-corrected chi connectivity index (χ1v) is 10.6. The van der Waals surface area contributed by atoms with Crippen molar-refractivity contribution in [3.05, 3.63) is 56.1 Å². The Morgan fingerprint density at radius 1 is 1.18 bits per heavy atom. The molecule has 0 saturated carbocycles. The molecule has 144 valence electrons. The zero-order valence-corrected chi connectivity index (χ0v) is 18.7. The zero-order chi connectivity index (χ0) is 20.0. The van der Waals surface area contributed by atoms with E-state index in [0.717, 1.165) is 31.9 Å². The molecule has 0 spiro atoms. The highest BCUT2D eigenvalue weighted by Crippen LogP contribution is 2.47. The van der Waals surface area contributed by atoms with E-state index in [4.69, 9.17) is 32.7 Å². The smallest absolute Gasteiger partial charge is 0.359 e. The highest BCUT2D eigenvalue weighted by Gasteiger charge is 2.31. The minimum absolute atomic E-state index is 0.260. The van der Waals surface area contributed by atoms with Crippen molar-refractivity contribution in [2.75, 3.05) is 14.2 Å². The first-order valence-electron chi connectivity index (χ1n) is 8.10. The maximum atomic E-state index is 12.4. The summed E-state index contributed by atoms with van der Waals surface area (Å²) in [5, 5.41) is 5.50. The molecule has 9 heteroatoms. The van der Waals surface area contributed by atoms with E-state index in [2.05, 4.69) is 21.0 Å². The summed E-state index contributed by atoms with van der Waals surface area (Å²) in [6, 6.07) is 9.10. The summed E-state index contributed by atoms with van der Waals surface area (Å²) >= 11 is 17.5. The Labute approximate surface area is 184 Å². The van der Waals surface area contributed by atoms with E-state index in [1.54, 1.807) is 30.0 Å². The SMILES string of the molecule is COC(=O)c1nn(-c2cc(Cl)cc(Cl)c2)c2c1SCc1cc(OC)c(Br)cc1-2. The van der Waals surface area contributed by atoms with E-state index in [1.807, 2.05) is 12.1 Å². The molecule has 28 heavy (non-hydrogen) atoms. The van der Waals surface area contributed by atoms with E-state index in [9.17, 15) is 4.79 Å². The molecule has 2 heterocycles. The quantitative estimate of drug-likeness (QED) is 0.413. The number of rotatable bonds is 3. The average Bonchev–Trinajstić information content (AvgIpc) is 3.06. The fraction of sp³-hybridized carbons (Fsp3) is 0.158. The van der Waals surface area contributed by atoms with Crippen LogP contribution in [0.25, 0.3) is 16.9 Å². The monoisotopic (exact) mass is 498 g/mol. The largest absolute Gasteiger partial charge is 0.496 e. The van der Waals surface area contributed by atoms with Crippen LogP contribution in [0.4, 0.5) is 0 Å². The van der Waals surface area contributed by atoms with Crippen molar-refractivity contribution in [1.82, 2.24) is 9.78 Å². The average molecular weight is 500 g/mol. The standard InChI is InChI=1S/C19H13BrCl2N2O3S/c1-26-15-3-9-8-28-18-16(19(25)27-2)23-24(17(18)13(9)7-14(15)20)12-5-10(21)4-11(22)6-12/h3-7H,8H2,1-2H3. The van der Waals surface area contributed by atoms with Crippen molar-refractivity contribution >= 4 is 56.9 Å². The van der Waals surface area contributed by atoms with Gasteiger partial charge in [0.15, 0.2) is 5.69 Å². The van der Waals surface area contributed by atoms with Gasteiger partial charge in [0, 0.05) is 21.4 Å². The molecule has 0 amide bonds. The molecule has 0 atom stereocenters. The molecule has 5 nitrogen and oxygen atoms in total. The van der Waals surface area contributed by atoms with Crippen molar-refractivity contribution < 1.29 is 14.3 Å². The van der Waals surface area contributed by atoms with Crippen molar-refractivity contribution in [3.63, 3.8) is 0 Å². The van der Waals surface area contributed by atoms with E-state index in [-0.39, 0.29) is 5.69 Å². The van der Waals surface area contributed by atoms with Gasteiger partial charge in [0.2, 0.25) is 0 Å². The third-order valence-electron chi connectivity index (χ3n) is 4.32. The fourth-order valence-corrected chi connectivity index (χ4v) is 5.25. The summed E-state index contributed by atoms with van der Waals surface area (Å²) in [5.74, 6) is 0.928. The lowest BCUT2D eigenvalue weighted by Crippen LogP contribution is -2.05. The molecule has 0 unspecified atom stereocenters. The molecule has 4 rings (SSSR count). The second-order valence-electron chi connectivity index (χ2n) is 5.99. The number of thioether (sulfide) groups is 1. The van der Waals surface area contributed by atoms with E-state index in [1.165, 1.54) is 18.9 Å². The summed E-state index contributed by atoms with van der Waals surface area (Å²) in [5.41, 5.74) is 3.72. The molecule has 1 aliphatic heterocycles. The van der Waals surface area contributed by atoms with Gasteiger partial charge in [-0.15, -0.1) is 11.8 Å². The summed E-state index contributed by atoms with van der Waals surface area (Å²) in [6.07, 6.45) is 0. The van der Waals surface area contributed by atoms with Crippen LogP contribution in [0.5, 0.6) is 5.75 Å². The maximum absolute atomic E-state index is 12.4. The second kappa shape index (κ2) is 7.63. The molecule has 0 radical (unpaired) electrons.